The van der Waals surface area contributed by atoms with Crippen molar-refractivity contribution in [2.24, 2.45) is 0 Å². The summed E-state index contributed by atoms with van der Waals surface area (Å²) in [7, 11) is 0. The first-order valence-electron chi connectivity index (χ1n) is 4.49. The van der Waals surface area contributed by atoms with E-state index in [0.717, 1.165) is 17.8 Å². The first-order chi connectivity index (χ1) is 6.26. The average Bonchev–Trinajstić information content (AvgIpc) is 2.17. The molecule has 1 aromatic carbocycles. The summed E-state index contributed by atoms with van der Waals surface area (Å²) >= 11 is 0. The third-order valence-electron chi connectivity index (χ3n) is 1.99. The third kappa shape index (κ3) is 2.95. The van der Waals surface area contributed by atoms with Crippen molar-refractivity contribution in [1.82, 2.24) is 0 Å². The van der Waals surface area contributed by atoms with E-state index in [1.54, 1.807) is 0 Å². The first-order valence-corrected chi connectivity index (χ1v) is 4.49. The van der Waals surface area contributed by atoms with Gasteiger partial charge in [-0.15, -0.1) is 0 Å². The van der Waals surface area contributed by atoms with Crippen LogP contribution in [0, 0.1) is 0 Å². The number of rotatable bonds is 4. The summed E-state index contributed by atoms with van der Waals surface area (Å²) in [5.74, 6) is 0. The Hall–Kier alpha value is -1.22. The van der Waals surface area contributed by atoms with E-state index >= 15 is 0 Å². The van der Waals surface area contributed by atoms with E-state index in [9.17, 15) is 0 Å². The Morgan fingerprint density at radius 1 is 1.38 bits per heavy atom. The van der Waals surface area contributed by atoms with Crippen LogP contribution in [0.2, 0.25) is 0 Å². The van der Waals surface area contributed by atoms with Crippen molar-refractivity contribution in [2.75, 3.05) is 17.7 Å². The van der Waals surface area contributed by atoms with Crippen LogP contribution in [0.25, 0.3) is 0 Å². The Kier molecular flexibility index (Phi) is 3.58. The molecule has 1 atom stereocenters. The lowest BCUT2D eigenvalue weighted by Gasteiger charge is -2.15. The molecule has 0 radical (unpaired) electrons. The van der Waals surface area contributed by atoms with Gasteiger partial charge in [0.1, 0.15) is 0 Å². The highest BCUT2D eigenvalue weighted by molar-refractivity contribution is 5.51. The van der Waals surface area contributed by atoms with Gasteiger partial charge in [-0.05, 0) is 30.7 Å². The third-order valence-corrected chi connectivity index (χ3v) is 1.99. The molecule has 0 heterocycles. The molecule has 3 nitrogen and oxygen atoms in total. The van der Waals surface area contributed by atoms with Crippen molar-refractivity contribution >= 4 is 11.4 Å². The Bertz CT molecular complexity index is 242. The van der Waals surface area contributed by atoms with E-state index in [1.807, 2.05) is 31.2 Å². The summed E-state index contributed by atoms with van der Waals surface area (Å²) < 4.78 is 0. The lowest BCUT2D eigenvalue weighted by atomic mass is 10.2. The lowest BCUT2D eigenvalue weighted by molar-refractivity contribution is 0.272. The molecule has 0 saturated heterocycles. The predicted octanol–water partition coefficient (Wildman–Crippen LogP) is 1.45. The van der Waals surface area contributed by atoms with Gasteiger partial charge in [-0.3, -0.25) is 0 Å². The molecule has 0 bridgehead atoms. The molecule has 3 heteroatoms. The van der Waals surface area contributed by atoms with Gasteiger partial charge in [0.15, 0.2) is 0 Å². The molecular weight excluding hydrogens is 164 g/mol. The van der Waals surface area contributed by atoms with Crippen LogP contribution in [-0.4, -0.2) is 17.8 Å². The molecule has 1 rings (SSSR count). The van der Waals surface area contributed by atoms with Crippen LogP contribution in [0.3, 0.4) is 0 Å². The Balaban J connectivity index is 2.58. The monoisotopic (exact) mass is 180 g/mol. The fraction of sp³-hybridized carbons (Fsp3) is 0.400. The van der Waals surface area contributed by atoms with Gasteiger partial charge in [0.05, 0.1) is 6.61 Å². The van der Waals surface area contributed by atoms with Crippen molar-refractivity contribution in [3.8, 4) is 0 Å². The molecule has 0 spiro atoms. The quantitative estimate of drug-likeness (QED) is 0.615. The van der Waals surface area contributed by atoms with Gasteiger partial charge in [-0.2, -0.15) is 0 Å². The number of anilines is 2. The van der Waals surface area contributed by atoms with Crippen molar-refractivity contribution in [2.45, 2.75) is 19.4 Å². The smallest absolute Gasteiger partial charge is 0.0632 e. The molecular formula is C10H16N2O. The largest absolute Gasteiger partial charge is 0.399 e. The first kappa shape index (κ1) is 9.86. The van der Waals surface area contributed by atoms with Crippen LogP contribution >= 0.6 is 0 Å². The molecule has 0 aliphatic rings. The molecule has 72 valence electrons. The summed E-state index contributed by atoms with van der Waals surface area (Å²) in [6.45, 7) is 2.19. The molecule has 0 amide bonds. The van der Waals surface area contributed by atoms with Crippen LogP contribution in [-0.2, 0) is 0 Å². The number of nitrogen functional groups attached to an aromatic ring is 1. The van der Waals surface area contributed by atoms with E-state index in [2.05, 4.69) is 5.32 Å². The normalized spacial score (nSPS) is 12.5. The maximum atomic E-state index is 8.95. The van der Waals surface area contributed by atoms with Crippen molar-refractivity contribution in [1.29, 1.82) is 0 Å². The zero-order valence-electron chi connectivity index (χ0n) is 7.83. The molecule has 0 aliphatic heterocycles. The van der Waals surface area contributed by atoms with Crippen molar-refractivity contribution in [3.63, 3.8) is 0 Å². The Morgan fingerprint density at radius 2 is 2.00 bits per heavy atom. The lowest BCUT2D eigenvalue weighted by Crippen LogP contribution is -2.22. The molecule has 0 aromatic heterocycles. The maximum absolute atomic E-state index is 8.95. The SMILES string of the molecule is CC[C@H](CO)Nc1ccc(N)cc1. The van der Waals surface area contributed by atoms with Gasteiger partial charge in [0.2, 0.25) is 0 Å². The Morgan fingerprint density at radius 3 is 2.46 bits per heavy atom. The van der Waals surface area contributed by atoms with Crippen LogP contribution in [0.1, 0.15) is 13.3 Å². The zero-order chi connectivity index (χ0) is 9.68. The summed E-state index contributed by atoms with van der Waals surface area (Å²) in [5.41, 5.74) is 7.29. The minimum Gasteiger partial charge on any atom is -0.399 e. The van der Waals surface area contributed by atoms with Gasteiger partial charge in [0, 0.05) is 17.4 Å². The standard InChI is InChI=1S/C10H16N2O/c1-2-9(7-13)12-10-5-3-8(11)4-6-10/h3-6,9,12-13H,2,7,11H2,1H3/t9-/m1/s1. The second kappa shape index (κ2) is 4.72. The van der Waals surface area contributed by atoms with E-state index in [4.69, 9.17) is 10.8 Å². The molecule has 4 N–H and O–H groups in total. The highest BCUT2D eigenvalue weighted by atomic mass is 16.3. The number of benzene rings is 1. The highest BCUT2D eigenvalue weighted by Crippen LogP contribution is 2.12. The molecule has 0 fully saturated rings. The topological polar surface area (TPSA) is 58.3 Å². The number of aliphatic hydroxyl groups excluding tert-OH is 1. The Labute approximate surface area is 78.6 Å². The molecule has 0 aliphatic carbocycles. The number of nitrogens with one attached hydrogen (secondary N) is 1. The van der Waals surface area contributed by atoms with E-state index < -0.39 is 0 Å². The molecule has 13 heavy (non-hydrogen) atoms. The van der Waals surface area contributed by atoms with E-state index in [0.29, 0.717) is 0 Å². The fourth-order valence-corrected chi connectivity index (χ4v) is 1.09. The number of hydrogen-bond acceptors (Lipinski definition) is 3. The van der Waals surface area contributed by atoms with Crippen LogP contribution < -0.4 is 11.1 Å². The van der Waals surface area contributed by atoms with Crippen LogP contribution in [0.15, 0.2) is 24.3 Å². The van der Waals surface area contributed by atoms with Gasteiger partial charge in [-0.1, -0.05) is 6.92 Å². The van der Waals surface area contributed by atoms with Gasteiger partial charge in [-0.25, -0.2) is 0 Å². The zero-order valence-corrected chi connectivity index (χ0v) is 7.83. The fourth-order valence-electron chi connectivity index (χ4n) is 1.09. The highest BCUT2D eigenvalue weighted by Gasteiger charge is 2.02. The van der Waals surface area contributed by atoms with Crippen molar-refractivity contribution < 1.29 is 5.11 Å². The van der Waals surface area contributed by atoms with Crippen LogP contribution in [0.5, 0.6) is 0 Å². The molecule has 0 unspecified atom stereocenters. The average molecular weight is 180 g/mol. The summed E-state index contributed by atoms with van der Waals surface area (Å²) in [4.78, 5) is 0. The van der Waals surface area contributed by atoms with E-state index in [-0.39, 0.29) is 12.6 Å². The number of aliphatic hydroxyl groups is 1. The number of nitrogens with two attached hydrogens (primary N) is 1. The summed E-state index contributed by atoms with van der Waals surface area (Å²) in [6.07, 6.45) is 0.904. The number of hydrogen-bond donors (Lipinski definition) is 3. The van der Waals surface area contributed by atoms with Gasteiger partial charge < -0.3 is 16.2 Å². The molecule has 1 aromatic rings. The van der Waals surface area contributed by atoms with E-state index in [1.165, 1.54) is 0 Å². The second-order valence-corrected chi connectivity index (χ2v) is 3.05. The molecule has 0 saturated carbocycles. The summed E-state index contributed by atoms with van der Waals surface area (Å²) in [6, 6.07) is 7.63. The maximum Gasteiger partial charge on any atom is 0.0632 e. The summed E-state index contributed by atoms with van der Waals surface area (Å²) in [5, 5.41) is 12.2. The van der Waals surface area contributed by atoms with Gasteiger partial charge in [0.25, 0.3) is 0 Å². The minimum absolute atomic E-state index is 0.128. The van der Waals surface area contributed by atoms with Crippen molar-refractivity contribution in [3.05, 3.63) is 24.3 Å². The minimum atomic E-state index is 0.128. The van der Waals surface area contributed by atoms with Gasteiger partial charge >= 0.3 is 0 Å². The second-order valence-electron chi connectivity index (χ2n) is 3.05. The predicted molar refractivity (Wildman–Crippen MR) is 55.6 cm³/mol. The van der Waals surface area contributed by atoms with Crippen LogP contribution in [0.4, 0.5) is 11.4 Å².